The number of para-hydroxylation sites is 1. The topological polar surface area (TPSA) is 60.0 Å². The van der Waals surface area contributed by atoms with E-state index in [2.05, 4.69) is 23.6 Å². The first-order valence-corrected chi connectivity index (χ1v) is 7.84. The summed E-state index contributed by atoms with van der Waals surface area (Å²) in [5, 5.41) is 4.35. The SMILES string of the molecule is NCCc1cn(CC(=O)NC2CCCC2)c2ccccc12. The zero-order valence-corrected chi connectivity index (χ0v) is 12.3. The minimum atomic E-state index is 0.113. The Bertz CT molecular complexity index is 626. The molecule has 3 rings (SSSR count). The second-order valence-corrected chi connectivity index (χ2v) is 5.89. The van der Waals surface area contributed by atoms with E-state index in [0.717, 1.165) is 24.8 Å². The smallest absolute Gasteiger partial charge is 0.240 e. The van der Waals surface area contributed by atoms with Gasteiger partial charge in [-0.25, -0.2) is 0 Å². The number of carbonyl (C=O) groups excluding carboxylic acids is 1. The monoisotopic (exact) mass is 285 g/mol. The van der Waals surface area contributed by atoms with Crippen LogP contribution in [0.5, 0.6) is 0 Å². The third-order valence-electron chi connectivity index (χ3n) is 4.32. The summed E-state index contributed by atoms with van der Waals surface area (Å²) in [5.41, 5.74) is 8.02. The maximum atomic E-state index is 12.2. The molecule has 0 spiro atoms. The highest BCUT2D eigenvalue weighted by atomic mass is 16.2. The average molecular weight is 285 g/mol. The first-order valence-electron chi connectivity index (χ1n) is 7.84. The Labute approximate surface area is 125 Å². The average Bonchev–Trinajstić information content (AvgIpc) is 3.09. The van der Waals surface area contributed by atoms with Crippen LogP contribution < -0.4 is 11.1 Å². The molecule has 112 valence electrons. The summed E-state index contributed by atoms with van der Waals surface area (Å²) in [5.74, 6) is 0.113. The molecule has 1 saturated carbocycles. The third-order valence-corrected chi connectivity index (χ3v) is 4.32. The highest BCUT2D eigenvalue weighted by Crippen LogP contribution is 2.22. The summed E-state index contributed by atoms with van der Waals surface area (Å²) in [7, 11) is 0. The number of nitrogens with two attached hydrogens (primary N) is 1. The molecule has 1 amide bonds. The van der Waals surface area contributed by atoms with Crippen LogP contribution in [-0.2, 0) is 17.8 Å². The Hall–Kier alpha value is -1.81. The zero-order valence-electron chi connectivity index (χ0n) is 12.3. The van der Waals surface area contributed by atoms with Crippen molar-refractivity contribution in [1.29, 1.82) is 0 Å². The Morgan fingerprint density at radius 2 is 2.05 bits per heavy atom. The summed E-state index contributed by atoms with van der Waals surface area (Å²) in [6, 6.07) is 8.60. The normalized spacial score (nSPS) is 15.7. The van der Waals surface area contributed by atoms with E-state index >= 15 is 0 Å². The number of fused-ring (bicyclic) bond motifs is 1. The van der Waals surface area contributed by atoms with Crippen LogP contribution in [0.4, 0.5) is 0 Å². The molecule has 0 atom stereocenters. The van der Waals surface area contributed by atoms with Crippen molar-refractivity contribution in [3.63, 3.8) is 0 Å². The molecule has 3 N–H and O–H groups in total. The number of nitrogens with zero attached hydrogens (tertiary/aromatic N) is 1. The van der Waals surface area contributed by atoms with Gasteiger partial charge in [-0.05, 0) is 37.4 Å². The number of amides is 1. The molecule has 4 nitrogen and oxygen atoms in total. The molecule has 1 aromatic carbocycles. The van der Waals surface area contributed by atoms with Gasteiger partial charge in [0.05, 0.1) is 0 Å². The van der Waals surface area contributed by atoms with Crippen LogP contribution in [0.3, 0.4) is 0 Å². The molecular formula is C17H23N3O. The number of benzene rings is 1. The predicted molar refractivity (Wildman–Crippen MR) is 85.1 cm³/mol. The molecule has 1 aromatic heterocycles. The lowest BCUT2D eigenvalue weighted by Crippen LogP contribution is -2.35. The Balaban J connectivity index is 1.78. The van der Waals surface area contributed by atoms with Gasteiger partial charge in [-0.15, -0.1) is 0 Å². The van der Waals surface area contributed by atoms with E-state index in [1.807, 2.05) is 16.7 Å². The van der Waals surface area contributed by atoms with Crippen molar-refractivity contribution in [2.75, 3.05) is 6.54 Å². The Kier molecular flexibility index (Phi) is 4.25. The van der Waals surface area contributed by atoms with Gasteiger partial charge in [-0.2, -0.15) is 0 Å². The summed E-state index contributed by atoms with van der Waals surface area (Å²) in [6.07, 6.45) is 7.63. The van der Waals surface area contributed by atoms with Crippen LogP contribution in [-0.4, -0.2) is 23.1 Å². The van der Waals surface area contributed by atoms with Gasteiger partial charge < -0.3 is 15.6 Å². The van der Waals surface area contributed by atoms with Gasteiger partial charge in [0.25, 0.3) is 0 Å². The van der Waals surface area contributed by atoms with Gasteiger partial charge >= 0.3 is 0 Å². The second-order valence-electron chi connectivity index (χ2n) is 5.89. The maximum Gasteiger partial charge on any atom is 0.240 e. The zero-order chi connectivity index (χ0) is 14.7. The minimum Gasteiger partial charge on any atom is -0.352 e. The molecule has 0 bridgehead atoms. The number of carbonyl (C=O) groups is 1. The number of nitrogens with one attached hydrogen (secondary N) is 1. The van der Waals surface area contributed by atoms with Crippen LogP contribution in [0.1, 0.15) is 31.2 Å². The molecule has 0 radical (unpaired) electrons. The van der Waals surface area contributed by atoms with Crippen molar-refractivity contribution in [3.8, 4) is 0 Å². The molecule has 0 aliphatic heterocycles. The summed E-state index contributed by atoms with van der Waals surface area (Å²) in [4.78, 5) is 12.2. The molecule has 1 heterocycles. The lowest BCUT2D eigenvalue weighted by atomic mass is 10.1. The van der Waals surface area contributed by atoms with Crippen LogP contribution >= 0.6 is 0 Å². The van der Waals surface area contributed by atoms with Crippen LogP contribution in [0.2, 0.25) is 0 Å². The molecular weight excluding hydrogens is 262 g/mol. The molecule has 21 heavy (non-hydrogen) atoms. The predicted octanol–water partition coefficient (Wildman–Crippen LogP) is 2.20. The molecule has 1 fully saturated rings. The molecule has 1 aliphatic rings. The number of aromatic nitrogens is 1. The van der Waals surface area contributed by atoms with E-state index in [9.17, 15) is 4.79 Å². The van der Waals surface area contributed by atoms with Gasteiger partial charge in [-0.3, -0.25) is 4.79 Å². The maximum absolute atomic E-state index is 12.2. The van der Waals surface area contributed by atoms with E-state index < -0.39 is 0 Å². The quantitative estimate of drug-likeness (QED) is 0.884. The van der Waals surface area contributed by atoms with Crippen molar-refractivity contribution in [3.05, 3.63) is 36.0 Å². The van der Waals surface area contributed by atoms with Crippen molar-refractivity contribution in [2.24, 2.45) is 5.73 Å². The van der Waals surface area contributed by atoms with Crippen LogP contribution in [0.25, 0.3) is 10.9 Å². The van der Waals surface area contributed by atoms with Crippen molar-refractivity contribution in [1.82, 2.24) is 9.88 Å². The molecule has 2 aromatic rings. The van der Waals surface area contributed by atoms with Crippen molar-refractivity contribution < 1.29 is 4.79 Å². The van der Waals surface area contributed by atoms with Gasteiger partial charge in [0.2, 0.25) is 5.91 Å². The fourth-order valence-electron chi connectivity index (χ4n) is 3.31. The summed E-state index contributed by atoms with van der Waals surface area (Å²) < 4.78 is 2.05. The standard InChI is InChI=1S/C17H23N3O/c18-10-9-13-11-20(16-8-4-3-7-15(13)16)12-17(21)19-14-5-1-2-6-14/h3-4,7-8,11,14H,1-2,5-6,9-10,12,18H2,(H,19,21). The first-order chi connectivity index (χ1) is 10.3. The second kappa shape index (κ2) is 6.31. The Morgan fingerprint density at radius 1 is 1.29 bits per heavy atom. The molecule has 1 aliphatic carbocycles. The van der Waals surface area contributed by atoms with Crippen molar-refractivity contribution >= 4 is 16.8 Å². The first kappa shape index (κ1) is 14.1. The molecule has 4 heteroatoms. The largest absolute Gasteiger partial charge is 0.352 e. The van der Waals surface area contributed by atoms with E-state index in [4.69, 9.17) is 5.73 Å². The lowest BCUT2D eigenvalue weighted by molar-refractivity contribution is -0.122. The third kappa shape index (κ3) is 3.10. The van der Waals surface area contributed by atoms with Crippen LogP contribution in [0, 0.1) is 0 Å². The highest BCUT2D eigenvalue weighted by molar-refractivity contribution is 5.86. The van der Waals surface area contributed by atoms with Crippen molar-refractivity contribution in [2.45, 2.75) is 44.7 Å². The number of hydrogen-bond donors (Lipinski definition) is 2. The molecule has 0 unspecified atom stereocenters. The molecule has 0 saturated heterocycles. The Morgan fingerprint density at radius 3 is 2.81 bits per heavy atom. The minimum absolute atomic E-state index is 0.113. The number of hydrogen-bond acceptors (Lipinski definition) is 2. The van der Waals surface area contributed by atoms with E-state index in [1.165, 1.54) is 23.8 Å². The van der Waals surface area contributed by atoms with Gasteiger partial charge in [0.15, 0.2) is 0 Å². The fraction of sp³-hybridized carbons (Fsp3) is 0.471. The number of rotatable bonds is 5. The van der Waals surface area contributed by atoms with E-state index in [0.29, 0.717) is 19.1 Å². The van der Waals surface area contributed by atoms with Crippen LogP contribution in [0.15, 0.2) is 30.5 Å². The van der Waals surface area contributed by atoms with E-state index in [-0.39, 0.29) is 5.91 Å². The van der Waals surface area contributed by atoms with E-state index in [1.54, 1.807) is 0 Å². The summed E-state index contributed by atoms with van der Waals surface area (Å²) >= 11 is 0. The fourth-order valence-corrected chi connectivity index (χ4v) is 3.31. The highest BCUT2D eigenvalue weighted by Gasteiger charge is 2.18. The lowest BCUT2D eigenvalue weighted by Gasteiger charge is -2.12. The van der Waals surface area contributed by atoms with Gasteiger partial charge in [0.1, 0.15) is 6.54 Å². The van der Waals surface area contributed by atoms with Gasteiger partial charge in [0, 0.05) is 23.1 Å². The summed E-state index contributed by atoms with van der Waals surface area (Å²) in [6.45, 7) is 1.02. The van der Waals surface area contributed by atoms with Gasteiger partial charge in [-0.1, -0.05) is 31.0 Å².